The third-order valence-electron chi connectivity index (χ3n) is 3.81. The fourth-order valence-electron chi connectivity index (χ4n) is 2.46. The monoisotopic (exact) mass is 322 g/mol. The molecule has 0 saturated carbocycles. The molecule has 122 valence electrons. The van der Waals surface area contributed by atoms with Crippen LogP contribution >= 0.6 is 0 Å². The summed E-state index contributed by atoms with van der Waals surface area (Å²) in [5.41, 5.74) is 3.30. The third kappa shape index (κ3) is 3.56. The van der Waals surface area contributed by atoms with Gasteiger partial charge in [0, 0.05) is 43.3 Å². The highest BCUT2D eigenvalue weighted by atomic mass is 19.1. The van der Waals surface area contributed by atoms with Gasteiger partial charge in [0.2, 0.25) is 0 Å². The van der Waals surface area contributed by atoms with E-state index in [-0.39, 0.29) is 5.82 Å². The van der Waals surface area contributed by atoms with Crippen molar-refractivity contribution in [3.05, 3.63) is 71.4 Å². The normalized spacial score (nSPS) is 10.7. The van der Waals surface area contributed by atoms with E-state index in [0.717, 1.165) is 22.6 Å². The molecule has 0 aliphatic carbocycles. The fourth-order valence-corrected chi connectivity index (χ4v) is 2.46. The summed E-state index contributed by atoms with van der Waals surface area (Å²) in [7, 11) is 1.94. The molecular formula is C19H19FN4. The Morgan fingerprint density at radius 1 is 1.08 bits per heavy atom. The molecule has 0 aliphatic rings. The molecule has 0 saturated heterocycles. The maximum absolute atomic E-state index is 13.7. The van der Waals surface area contributed by atoms with Gasteiger partial charge in [-0.25, -0.2) is 14.4 Å². The SMILES string of the molecule is Cc1cc(N(C)Cc2ccc(C)c(F)c2)nc(-c2cccnc2)n1. The van der Waals surface area contributed by atoms with Crippen molar-refractivity contribution in [1.82, 2.24) is 15.0 Å². The summed E-state index contributed by atoms with van der Waals surface area (Å²) >= 11 is 0. The molecule has 2 heterocycles. The van der Waals surface area contributed by atoms with Crippen molar-refractivity contribution in [3.63, 3.8) is 0 Å². The first kappa shape index (κ1) is 16.1. The van der Waals surface area contributed by atoms with Crippen LogP contribution < -0.4 is 4.90 Å². The standard InChI is InChI=1S/C19H19FN4/c1-13-6-7-15(10-17(13)20)12-24(3)18-9-14(2)22-19(23-18)16-5-4-8-21-11-16/h4-11H,12H2,1-3H3. The minimum Gasteiger partial charge on any atom is -0.355 e. The van der Waals surface area contributed by atoms with E-state index in [0.29, 0.717) is 17.9 Å². The van der Waals surface area contributed by atoms with Crippen LogP contribution in [0.1, 0.15) is 16.8 Å². The molecule has 0 aliphatic heterocycles. The zero-order valence-corrected chi connectivity index (χ0v) is 14.0. The summed E-state index contributed by atoms with van der Waals surface area (Å²) in [6.07, 6.45) is 3.46. The van der Waals surface area contributed by atoms with Crippen molar-refractivity contribution in [3.8, 4) is 11.4 Å². The van der Waals surface area contributed by atoms with Crippen LogP contribution in [0.5, 0.6) is 0 Å². The van der Waals surface area contributed by atoms with Crippen LogP contribution in [0.2, 0.25) is 0 Å². The van der Waals surface area contributed by atoms with Gasteiger partial charge in [0.25, 0.3) is 0 Å². The number of pyridine rings is 1. The second-order valence-corrected chi connectivity index (χ2v) is 5.87. The van der Waals surface area contributed by atoms with E-state index in [1.165, 1.54) is 0 Å². The Hall–Kier alpha value is -2.82. The first-order valence-corrected chi connectivity index (χ1v) is 7.75. The Bertz CT molecular complexity index is 849. The van der Waals surface area contributed by atoms with E-state index in [4.69, 9.17) is 0 Å². The summed E-state index contributed by atoms with van der Waals surface area (Å²) in [6, 6.07) is 11.0. The number of nitrogens with zero attached hydrogens (tertiary/aromatic N) is 4. The van der Waals surface area contributed by atoms with E-state index in [1.54, 1.807) is 31.5 Å². The van der Waals surface area contributed by atoms with Gasteiger partial charge in [0.15, 0.2) is 5.82 Å². The van der Waals surface area contributed by atoms with E-state index in [1.807, 2.05) is 43.1 Å². The molecule has 1 aromatic carbocycles. The van der Waals surface area contributed by atoms with Crippen LogP contribution in [0.15, 0.2) is 48.8 Å². The van der Waals surface area contributed by atoms with Gasteiger partial charge in [-0.15, -0.1) is 0 Å². The summed E-state index contributed by atoms with van der Waals surface area (Å²) in [4.78, 5) is 15.2. The topological polar surface area (TPSA) is 41.9 Å². The number of rotatable bonds is 4. The molecule has 0 unspecified atom stereocenters. The van der Waals surface area contributed by atoms with Crippen LogP contribution in [0.3, 0.4) is 0 Å². The van der Waals surface area contributed by atoms with Crippen LogP contribution in [-0.2, 0) is 6.54 Å². The molecule has 0 amide bonds. The van der Waals surface area contributed by atoms with E-state index >= 15 is 0 Å². The number of halogens is 1. The highest BCUT2D eigenvalue weighted by molar-refractivity contribution is 5.56. The largest absolute Gasteiger partial charge is 0.355 e. The molecule has 0 bridgehead atoms. The van der Waals surface area contributed by atoms with Gasteiger partial charge >= 0.3 is 0 Å². The third-order valence-corrected chi connectivity index (χ3v) is 3.81. The van der Waals surface area contributed by atoms with E-state index in [2.05, 4.69) is 15.0 Å². The predicted octanol–water partition coefficient (Wildman–Crippen LogP) is 3.93. The Labute approximate surface area is 141 Å². The van der Waals surface area contributed by atoms with Gasteiger partial charge < -0.3 is 4.90 Å². The number of aryl methyl sites for hydroxylation is 2. The lowest BCUT2D eigenvalue weighted by molar-refractivity contribution is 0.615. The number of aromatic nitrogens is 3. The second-order valence-electron chi connectivity index (χ2n) is 5.87. The first-order chi connectivity index (χ1) is 11.5. The summed E-state index contributed by atoms with van der Waals surface area (Å²) in [5, 5.41) is 0. The van der Waals surface area contributed by atoms with Crippen molar-refractivity contribution in [2.75, 3.05) is 11.9 Å². The van der Waals surface area contributed by atoms with Gasteiger partial charge in [-0.2, -0.15) is 0 Å². The highest BCUT2D eigenvalue weighted by Crippen LogP contribution is 2.20. The number of hydrogen-bond donors (Lipinski definition) is 0. The van der Waals surface area contributed by atoms with E-state index < -0.39 is 0 Å². The molecule has 0 N–H and O–H groups in total. The van der Waals surface area contributed by atoms with Crippen LogP contribution in [-0.4, -0.2) is 22.0 Å². The number of anilines is 1. The molecular weight excluding hydrogens is 303 g/mol. The molecule has 0 atom stereocenters. The maximum atomic E-state index is 13.7. The van der Waals surface area contributed by atoms with Crippen LogP contribution in [0.4, 0.5) is 10.2 Å². The summed E-state index contributed by atoms with van der Waals surface area (Å²) in [5.74, 6) is 1.25. The van der Waals surface area contributed by atoms with Crippen molar-refractivity contribution in [2.24, 2.45) is 0 Å². The van der Waals surface area contributed by atoms with Crippen molar-refractivity contribution < 1.29 is 4.39 Å². The minimum absolute atomic E-state index is 0.184. The van der Waals surface area contributed by atoms with Crippen molar-refractivity contribution in [1.29, 1.82) is 0 Å². The van der Waals surface area contributed by atoms with E-state index in [9.17, 15) is 4.39 Å². The molecule has 0 fully saturated rings. The molecule has 3 rings (SSSR count). The average Bonchev–Trinajstić information content (AvgIpc) is 2.58. The maximum Gasteiger partial charge on any atom is 0.163 e. The Balaban J connectivity index is 1.88. The molecule has 5 heteroatoms. The van der Waals surface area contributed by atoms with Gasteiger partial charge in [-0.05, 0) is 43.2 Å². The Kier molecular flexibility index (Phi) is 4.51. The lowest BCUT2D eigenvalue weighted by atomic mass is 10.1. The predicted molar refractivity (Wildman–Crippen MR) is 93.2 cm³/mol. The van der Waals surface area contributed by atoms with Crippen LogP contribution in [0.25, 0.3) is 11.4 Å². The molecule has 24 heavy (non-hydrogen) atoms. The Morgan fingerprint density at radius 2 is 1.92 bits per heavy atom. The smallest absolute Gasteiger partial charge is 0.163 e. The van der Waals surface area contributed by atoms with Crippen molar-refractivity contribution in [2.45, 2.75) is 20.4 Å². The number of hydrogen-bond acceptors (Lipinski definition) is 4. The zero-order valence-electron chi connectivity index (χ0n) is 14.0. The van der Waals surface area contributed by atoms with Gasteiger partial charge in [-0.1, -0.05) is 12.1 Å². The average molecular weight is 322 g/mol. The summed E-state index contributed by atoms with van der Waals surface area (Å²) in [6.45, 7) is 4.27. The first-order valence-electron chi connectivity index (χ1n) is 7.75. The van der Waals surface area contributed by atoms with Crippen LogP contribution in [0, 0.1) is 19.7 Å². The molecule has 4 nitrogen and oxygen atoms in total. The molecule has 0 spiro atoms. The Morgan fingerprint density at radius 3 is 2.62 bits per heavy atom. The zero-order chi connectivity index (χ0) is 17.1. The lowest BCUT2D eigenvalue weighted by Crippen LogP contribution is -2.18. The summed E-state index contributed by atoms with van der Waals surface area (Å²) < 4.78 is 13.7. The molecule has 0 radical (unpaired) electrons. The second kappa shape index (κ2) is 6.74. The van der Waals surface area contributed by atoms with Gasteiger partial charge in [0.05, 0.1) is 0 Å². The highest BCUT2D eigenvalue weighted by Gasteiger charge is 2.10. The minimum atomic E-state index is -0.184. The van der Waals surface area contributed by atoms with Crippen molar-refractivity contribution >= 4 is 5.82 Å². The molecule has 3 aromatic rings. The number of benzene rings is 1. The quantitative estimate of drug-likeness (QED) is 0.730. The fraction of sp³-hybridized carbons (Fsp3) is 0.211. The molecule has 2 aromatic heterocycles. The lowest BCUT2D eigenvalue weighted by Gasteiger charge is -2.19. The van der Waals surface area contributed by atoms with Gasteiger partial charge in [0.1, 0.15) is 11.6 Å². The van der Waals surface area contributed by atoms with Gasteiger partial charge in [-0.3, -0.25) is 4.98 Å².